The molecule has 1 saturated carbocycles. The molecule has 1 aliphatic heterocycles. The number of nitrogens with zero attached hydrogens (tertiary/aromatic N) is 4. The first-order chi connectivity index (χ1) is 11.6. The highest BCUT2D eigenvalue weighted by molar-refractivity contribution is 5.87. The molecule has 2 aromatic heterocycles. The molecule has 0 aromatic carbocycles. The molecule has 4 rings (SSSR count). The van der Waals surface area contributed by atoms with Gasteiger partial charge < -0.3 is 19.9 Å². The molecule has 1 saturated heterocycles. The van der Waals surface area contributed by atoms with Crippen molar-refractivity contribution in [3.63, 3.8) is 0 Å². The van der Waals surface area contributed by atoms with Crippen LogP contribution >= 0.6 is 0 Å². The Kier molecular flexibility index (Phi) is 3.78. The summed E-state index contributed by atoms with van der Waals surface area (Å²) in [5, 5.41) is 10.3. The first kappa shape index (κ1) is 15.2. The Balaban J connectivity index is 1.49. The number of hydrogen-bond donors (Lipinski definition) is 2. The number of hydrogen-bond acceptors (Lipinski definition) is 4. The smallest absolute Gasteiger partial charge is 0.407 e. The van der Waals surface area contributed by atoms with Gasteiger partial charge in [0.25, 0.3) is 0 Å². The highest BCUT2D eigenvalue weighted by Crippen LogP contribution is 2.39. The molecule has 7 nitrogen and oxygen atoms in total. The van der Waals surface area contributed by atoms with E-state index in [1.165, 1.54) is 0 Å². The van der Waals surface area contributed by atoms with Crippen LogP contribution < -0.4 is 4.90 Å². The lowest BCUT2D eigenvalue weighted by atomic mass is 9.73. The second-order valence-corrected chi connectivity index (χ2v) is 7.05. The van der Waals surface area contributed by atoms with Gasteiger partial charge in [0.1, 0.15) is 17.8 Å². The van der Waals surface area contributed by atoms with Crippen LogP contribution in [0.1, 0.15) is 25.7 Å². The van der Waals surface area contributed by atoms with Crippen LogP contribution in [0.2, 0.25) is 0 Å². The molecule has 0 spiro atoms. The van der Waals surface area contributed by atoms with Gasteiger partial charge in [-0.2, -0.15) is 0 Å². The molecule has 3 heterocycles. The lowest BCUT2D eigenvalue weighted by Gasteiger charge is -2.45. The number of nitrogens with one attached hydrogen (secondary N) is 1. The fourth-order valence-corrected chi connectivity index (χ4v) is 4.43. The van der Waals surface area contributed by atoms with E-state index in [4.69, 9.17) is 0 Å². The Morgan fingerprint density at radius 3 is 3.04 bits per heavy atom. The molecule has 24 heavy (non-hydrogen) atoms. The van der Waals surface area contributed by atoms with Crippen LogP contribution in [0.3, 0.4) is 0 Å². The van der Waals surface area contributed by atoms with Gasteiger partial charge in [-0.05, 0) is 43.6 Å². The zero-order chi connectivity index (χ0) is 16.7. The maximum atomic E-state index is 11.2. The Hall–Kier alpha value is -2.31. The largest absolute Gasteiger partial charge is 0.465 e. The van der Waals surface area contributed by atoms with Crippen molar-refractivity contribution in [3.05, 3.63) is 18.6 Å². The van der Waals surface area contributed by atoms with Crippen LogP contribution in [0, 0.1) is 11.8 Å². The molecule has 128 valence electrons. The van der Waals surface area contributed by atoms with E-state index in [-0.39, 0.29) is 0 Å². The van der Waals surface area contributed by atoms with Crippen molar-refractivity contribution in [3.8, 4) is 0 Å². The van der Waals surface area contributed by atoms with Crippen LogP contribution in [-0.4, -0.2) is 57.2 Å². The molecule has 2 aliphatic rings. The van der Waals surface area contributed by atoms with E-state index in [0.717, 1.165) is 42.5 Å². The van der Waals surface area contributed by atoms with Gasteiger partial charge in [0.15, 0.2) is 0 Å². The monoisotopic (exact) mass is 329 g/mol. The second-order valence-electron chi connectivity index (χ2n) is 7.05. The van der Waals surface area contributed by atoms with Gasteiger partial charge in [0.05, 0.1) is 5.39 Å². The first-order valence-corrected chi connectivity index (χ1v) is 8.62. The minimum absolute atomic E-state index is 0.454. The van der Waals surface area contributed by atoms with E-state index >= 15 is 0 Å². The third-order valence-electron chi connectivity index (χ3n) is 5.82. The molecular weight excluding hydrogens is 306 g/mol. The summed E-state index contributed by atoms with van der Waals surface area (Å²) in [7, 11) is 2.12. The predicted octanol–water partition coefficient (Wildman–Crippen LogP) is 2.56. The summed E-state index contributed by atoms with van der Waals surface area (Å²) >= 11 is 0. The number of anilines is 1. The van der Waals surface area contributed by atoms with Crippen molar-refractivity contribution in [1.29, 1.82) is 0 Å². The fraction of sp³-hybridized carbons (Fsp3) is 0.588. The summed E-state index contributed by atoms with van der Waals surface area (Å²) in [6.45, 7) is 1.37. The number of likely N-dealkylation sites (tertiary alicyclic amines) is 1. The maximum absolute atomic E-state index is 11.2. The quantitative estimate of drug-likeness (QED) is 0.884. The van der Waals surface area contributed by atoms with E-state index in [9.17, 15) is 9.90 Å². The fourth-order valence-electron chi connectivity index (χ4n) is 4.43. The Labute approximate surface area is 140 Å². The van der Waals surface area contributed by atoms with Crippen molar-refractivity contribution < 1.29 is 9.90 Å². The number of aromatic nitrogens is 3. The number of carbonyl (C=O) groups is 1. The van der Waals surface area contributed by atoms with Gasteiger partial charge in [-0.3, -0.25) is 0 Å². The molecule has 1 amide bonds. The van der Waals surface area contributed by atoms with E-state index in [1.807, 2.05) is 12.3 Å². The van der Waals surface area contributed by atoms with Gasteiger partial charge in [0, 0.05) is 32.4 Å². The SMILES string of the molecule is CN(c1ncnc2[nH]ccc12)C1CCC2CN(C(=O)O)CCC2C1. The maximum Gasteiger partial charge on any atom is 0.407 e. The van der Waals surface area contributed by atoms with E-state index in [1.54, 1.807) is 11.2 Å². The number of amides is 1. The number of carboxylic acid groups (broad SMARTS) is 1. The van der Waals surface area contributed by atoms with Gasteiger partial charge >= 0.3 is 6.09 Å². The number of fused-ring (bicyclic) bond motifs is 2. The summed E-state index contributed by atoms with van der Waals surface area (Å²) in [4.78, 5) is 27.0. The van der Waals surface area contributed by atoms with Crippen molar-refractivity contribution in [2.24, 2.45) is 11.8 Å². The average molecular weight is 329 g/mol. The molecule has 0 radical (unpaired) electrons. The lowest BCUT2D eigenvalue weighted by molar-refractivity contribution is 0.0723. The number of aromatic amines is 1. The van der Waals surface area contributed by atoms with E-state index < -0.39 is 6.09 Å². The third kappa shape index (κ3) is 2.57. The average Bonchev–Trinajstić information content (AvgIpc) is 3.08. The zero-order valence-electron chi connectivity index (χ0n) is 13.9. The number of H-pyrrole nitrogens is 1. The molecule has 3 unspecified atom stereocenters. The van der Waals surface area contributed by atoms with Crippen molar-refractivity contribution >= 4 is 22.9 Å². The van der Waals surface area contributed by atoms with Gasteiger partial charge in [-0.1, -0.05) is 0 Å². The van der Waals surface area contributed by atoms with Crippen molar-refractivity contribution in [2.45, 2.75) is 31.7 Å². The lowest BCUT2D eigenvalue weighted by Crippen LogP contribution is -2.48. The molecular formula is C17H23N5O2. The molecule has 2 aromatic rings. The Morgan fingerprint density at radius 2 is 2.21 bits per heavy atom. The van der Waals surface area contributed by atoms with Crippen molar-refractivity contribution in [2.75, 3.05) is 25.0 Å². The third-order valence-corrected chi connectivity index (χ3v) is 5.82. The minimum atomic E-state index is -0.775. The second kappa shape index (κ2) is 5.96. The van der Waals surface area contributed by atoms with Crippen LogP contribution in [0.15, 0.2) is 18.6 Å². The van der Waals surface area contributed by atoms with Crippen LogP contribution in [0.5, 0.6) is 0 Å². The van der Waals surface area contributed by atoms with Crippen LogP contribution in [-0.2, 0) is 0 Å². The molecule has 7 heteroatoms. The topological polar surface area (TPSA) is 85.4 Å². The zero-order valence-corrected chi connectivity index (χ0v) is 13.9. The molecule has 1 aliphatic carbocycles. The van der Waals surface area contributed by atoms with Crippen LogP contribution in [0.25, 0.3) is 11.0 Å². The molecule has 2 N–H and O–H groups in total. The predicted molar refractivity (Wildman–Crippen MR) is 91.1 cm³/mol. The summed E-state index contributed by atoms with van der Waals surface area (Å²) in [6.07, 6.45) is 7.00. The van der Waals surface area contributed by atoms with Gasteiger partial charge in [-0.25, -0.2) is 14.8 Å². The van der Waals surface area contributed by atoms with Gasteiger partial charge in [0.2, 0.25) is 0 Å². The summed E-state index contributed by atoms with van der Waals surface area (Å²) in [6, 6.07) is 2.48. The van der Waals surface area contributed by atoms with E-state index in [0.29, 0.717) is 31.0 Å². The number of piperidine rings is 1. The summed E-state index contributed by atoms with van der Waals surface area (Å²) < 4.78 is 0. The molecule has 2 fully saturated rings. The standard InChI is InChI=1S/C17H23N5O2/c1-21(16-14-4-6-18-15(14)19-10-20-16)13-3-2-12-9-22(17(23)24)7-5-11(12)8-13/h4,6,10-13H,2-3,5,7-9H2,1H3,(H,23,24)(H,18,19,20). The number of rotatable bonds is 2. The Bertz CT molecular complexity index is 745. The highest BCUT2D eigenvalue weighted by Gasteiger charge is 2.37. The minimum Gasteiger partial charge on any atom is -0.465 e. The molecule has 3 atom stereocenters. The normalized spacial score (nSPS) is 27.0. The highest BCUT2D eigenvalue weighted by atomic mass is 16.4. The first-order valence-electron chi connectivity index (χ1n) is 8.62. The Morgan fingerprint density at radius 1 is 1.33 bits per heavy atom. The summed E-state index contributed by atoms with van der Waals surface area (Å²) in [5.74, 6) is 2.11. The summed E-state index contributed by atoms with van der Waals surface area (Å²) in [5.41, 5.74) is 0.871. The van der Waals surface area contributed by atoms with E-state index in [2.05, 4.69) is 26.9 Å². The van der Waals surface area contributed by atoms with Crippen molar-refractivity contribution in [1.82, 2.24) is 19.9 Å². The van der Waals surface area contributed by atoms with Crippen LogP contribution in [0.4, 0.5) is 10.6 Å². The molecule has 0 bridgehead atoms. The van der Waals surface area contributed by atoms with Gasteiger partial charge in [-0.15, -0.1) is 0 Å².